The highest BCUT2D eigenvalue weighted by molar-refractivity contribution is 5.98. The van der Waals surface area contributed by atoms with Crippen LogP contribution in [-0.2, 0) is 4.79 Å². The Hall–Kier alpha value is -2.62. The van der Waals surface area contributed by atoms with Gasteiger partial charge in [0.1, 0.15) is 5.54 Å². The summed E-state index contributed by atoms with van der Waals surface area (Å²) in [6.45, 7) is 9.19. The van der Waals surface area contributed by atoms with Crippen molar-refractivity contribution in [3.63, 3.8) is 0 Å². The van der Waals surface area contributed by atoms with E-state index in [0.29, 0.717) is 12.0 Å². The molecule has 2 aromatic carbocycles. The van der Waals surface area contributed by atoms with Crippen molar-refractivity contribution >= 4 is 11.9 Å². The number of hydrogen-bond donors (Lipinski definition) is 2. The molecular weight excluding hydrogens is 314 g/mol. The zero-order valence-corrected chi connectivity index (χ0v) is 15.6. The van der Waals surface area contributed by atoms with Gasteiger partial charge >= 0.3 is 5.97 Å². The quantitative estimate of drug-likeness (QED) is 0.830. The number of carbonyl (C=O) groups excluding carboxylic acids is 1. The third-order valence-electron chi connectivity index (χ3n) is 4.14. The maximum absolute atomic E-state index is 12.3. The zero-order valence-electron chi connectivity index (χ0n) is 15.6. The number of benzene rings is 2. The van der Waals surface area contributed by atoms with Crippen LogP contribution in [0.25, 0.3) is 11.1 Å². The Morgan fingerprint density at radius 1 is 1.08 bits per heavy atom. The van der Waals surface area contributed by atoms with Crippen LogP contribution in [0.15, 0.2) is 48.5 Å². The molecule has 0 aromatic heterocycles. The number of carboxylic acid groups (broad SMARTS) is 1. The van der Waals surface area contributed by atoms with E-state index < -0.39 is 11.5 Å². The fourth-order valence-electron chi connectivity index (χ4n) is 2.36. The number of aliphatic carboxylic acids is 1. The van der Waals surface area contributed by atoms with Crippen molar-refractivity contribution in [1.82, 2.24) is 5.32 Å². The Labute approximate surface area is 149 Å². The van der Waals surface area contributed by atoms with Crippen LogP contribution in [0.4, 0.5) is 0 Å². The van der Waals surface area contributed by atoms with Crippen molar-refractivity contribution in [2.75, 3.05) is 0 Å². The van der Waals surface area contributed by atoms with Crippen molar-refractivity contribution in [3.8, 4) is 11.1 Å². The molecule has 1 amide bonds. The van der Waals surface area contributed by atoms with Gasteiger partial charge in [0, 0.05) is 5.56 Å². The molecule has 1 unspecified atom stereocenters. The van der Waals surface area contributed by atoms with Gasteiger partial charge in [0.2, 0.25) is 0 Å². The first-order valence-corrected chi connectivity index (χ1v) is 8.59. The third-order valence-corrected chi connectivity index (χ3v) is 4.14. The number of hydrogen-bond acceptors (Lipinski definition) is 2. The molecule has 4 heteroatoms. The van der Waals surface area contributed by atoms with Crippen molar-refractivity contribution in [3.05, 3.63) is 59.7 Å². The van der Waals surface area contributed by atoms with E-state index in [9.17, 15) is 14.7 Å². The average Bonchev–Trinajstić information content (AvgIpc) is 2.63. The molecule has 25 heavy (non-hydrogen) atoms. The number of carbonyl (C=O) groups is 2. The van der Waals surface area contributed by atoms with Gasteiger partial charge in [0.15, 0.2) is 0 Å². The van der Waals surface area contributed by atoms with E-state index in [2.05, 4.69) is 5.32 Å². The Morgan fingerprint density at radius 3 is 2.16 bits per heavy atom. The predicted octanol–water partition coefficient (Wildman–Crippen LogP) is 4.67. The maximum atomic E-state index is 12.3. The van der Waals surface area contributed by atoms with E-state index in [4.69, 9.17) is 0 Å². The minimum atomic E-state index is -1.26. The molecule has 2 rings (SSSR count). The molecule has 0 saturated heterocycles. The fraction of sp³-hybridized carbons (Fsp3) is 0.333. The van der Waals surface area contributed by atoms with E-state index in [0.717, 1.165) is 16.7 Å². The van der Waals surface area contributed by atoms with Crippen molar-refractivity contribution < 1.29 is 14.7 Å². The minimum absolute atomic E-state index is 0.315. The highest BCUT2D eigenvalue weighted by atomic mass is 16.4. The van der Waals surface area contributed by atoms with Gasteiger partial charge in [-0.05, 0) is 49.1 Å². The van der Waals surface area contributed by atoms with Crippen LogP contribution >= 0.6 is 0 Å². The van der Waals surface area contributed by atoms with E-state index in [1.807, 2.05) is 57.2 Å². The van der Waals surface area contributed by atoms with Gasteiger partial charge in [-0.2, -0.15) is 0 Å². The van der Waals surface area contributed by atoms with Crippen molar-refractivity contribution in [2.45, 2.75) is 46.6 Å². The summed E-state index contributed by atoms with van der Waals surface area (Å²) in [6, 6.07) is 15.3. The molecule has 0 heterocycles. The van der Waals surface area contributed by atoms with Crippen LogP contribution in [0.2, 0.25) is 0 Å². The topological polar surface area (TPSA) is 66.4 Å². The number of amides is 1. The summed E-state index contributed by atoms with van der Waals surface area (Å²) in [5, 5.41) is 11.9. The lowest BCUT2D eigenvalue weighted by molar-refractivity contribution is -0.143. The second-order valence-electron chi connectivity index (χ2n) is 5.84. The van der Waals surface area contributed by atoms with Gasteiger partial charge in [-0.25, -0.2) is 4.79 Å². The van der Waals surface area contributed by atoms with E-state index in [1.54, 1.807) is 19.1 Å². The average molecular weight is 341 g/mol. The molecule has 134 valence electrons. The summed E-state index contributed by atoms with van der Waals surface area (Å²) in [5.41, 5.74) is 2.31. The van der Waals surface area contributed by atoms with Gasteiger partial charge in [0.25, 0.3) is 5.91 Å². The summed E-state index contributed by atoms with van der Waals surface area (Å²) in [6.07, 6.45) is 0.315. The van der Waals surface area contributed by atoms with Crippen LogP contribution in [-0.4, -0.2) is 22.5 Å². The van der Waals surface area contributed by atoms with Gasteiger partial charge in [-0.15, -0.1) is 0 Å². The molecule has 2 N–H and O–H groups in total. The molecule has 0 aliphatic heterocycles. The van der Waals surface area contributed by atoms with Crippen LogP contribution in [0.3, 0.4) is 0 Å². The SMILES string of the molecule is CC.CCC(C)(NC(=O)c1ccc(-c2ccccc2)c(C)c1)C(=O)O. The molecule has 0 spiro atoms. The Morgan fingerprint density at radius 2 is 1.68 bits per heavy atom. The van der Waals surface area contributed by atoms with Crippen LogP contribution < -0.4 is 5.32 Å². The van der Waals surface area contributed by atoms with E-state index in [-0.39, 0.29) is 5.91 Å². The van der Waals surface area contributed by atoms with Crippen molar-refractivity contribution in [2.24, 2.45) is 0 Å². The molecule has 0 aliphatic rings. The number of rotatable bonds is 5. The Bertz CT molecular complexity index is 725. The van der Waals surface area contributed by atoms with Crippen LogP contribution in [0, 0.1) is 6.92 Å². The highest BCUT2D eigenvalue weighted by Crippen LogP contribution is 2.24. The second kappa shape index (κ2) is 9.02. The van der Waals surface area contributed by atoms with Crippen molar-refractivity contribution in [1.29, 1.82) is 0 Å². The van der Waals surface area contributed by atoms with Gasteiger partial charge in [-0.3, -0.25) is 4.79 Å². The maximum Gasteiger partial charge on any atom is 0.329 e. The standard InChI is InChI=1S/C19H21NO3.C2H6/c1-4-19(3,18(22)23)20-17(21)15-10-11-16(13(2)12-15)14-8-6-5-7-9-14;1-2/h5-12H,4H2,1-3H3,(H,20,21)(H,22,23);1-2H3. The summed E-state index contributed by atoms with van der Waals surface area (Å²) in [7, 11) is 0. The first-order chi connectivity index (χ1) is 11.9. The molecule has 0 saturated carbocycles. The molecule has 0 bridgehead atoms. The zero-order chi connectivity index (χ0) is 19.0. The Balaban J connectivity index is 0.00000151. The monoisotopic (exact) mass is 341 g/mol. The smallest absolute Gasteiger partial charge is 0.329 e. The molecule has 2 aromatic rings. The Kier molecular flexibility index (Phi) is 7.37. The normalized spacial score (nSPS) is 12.4. The number of carboxylic acids is 1. The first-order valence-electron chi connectivity index (χ1n) is 8.59. The van der Waals surface area contributed by atoms with Crippen LogP contribution in [0.5, 0.6) is 0 Å². The van der Waals surface area contributed by atoms with E-state index >= 15 is 0 Å². The van der Waals surface area contributed by atoms with Gasteiger partial charge in [-0.1, -0.05) is 57.2 Å². The lowest BCUT2D eigenvalue weighted by atomic mass is 9.96. The molecule has 1 atom stereocenters. The summed E-state index contributed by atoms with van der Waals surface area (Å²) in [4.78, 5) is 23.7. The largest absolute Gasteiger partial charge is 0.480 e. The predicted molar refractivity (Wildman–Crippen MR) is 102 cm³/mol. The fourth-order valence-corrected chi connectivity index (χ4v) is 2.36. The second-order valence-corrected chi connectivity index (χ2v) is 5.84. The minimum Gasteiger partial charge on any atom is -0.480 e. The summed E-state index contributed by atoms with van der Waals surface area (Å²) in [5.74, 6) is -1.41. The summed E-state index contributed by atoms with van der Waals surface area (Å²) < 4.78 is 0. The molecule has 0 radical (unpaired) electrons. The van der Waals surface area contributed by atoms with Gasteiger partial charge < -0.3 is 10.4 Å². The van der Waals surface area contributed by atoms with Gasteiger partial charge in [0.05, 0.1) is 0 Å². The lowest BCUT2D eigenvalue weighted by Crippen LogP contribution is -2.51. The number of aryl methyl sites for hydroxylation is 1. The first kappa shape index (κ1) is 20.4. The summed E-state index contributed by atoms with van der Waals surface area (Å²) >= 11 is 0. The third kappa shape index (κ3) is 4.92. The molecule has 0 fully saturated rings. The lowest BCUT2D eigenvalue weighted by Gasteiger charge is -2.24. The molecule has 0 aliphatic carbocycles. The number of nitrogens with one attached hydrogen (secondary N) is 1. The highest BCUT2D eigenvalue weighted by Gasteiger charge is 2.33. The van der Waals surface area contributed by atoms with E-state index in [1.165, 1.54) is 6.92 Å². The van der Waals surface area contributed by atoms with Crippen LogP contribution in [0.1, 0.15) is 50.0 Å². The molecular formula is C21H27NO3. The molecule has 4 nitrogen and oxygen atoms in total.